The number of hydrogen-bond donors (Lipinski definition) is 0. The van der Waals surface area contributed by atoms with Crippen LogP contribution in [0.1, 0.15) is 28.8 Å². The third-order valence-corrected chi connectivity index (χ3v) is 8.07. The zero-order valence-electron chi connectivity index (χ0n) is 17.3. The molecule has 160 valence electrons. The molecule has 5 aliphatic rings. The quantitative estimate of drug-likeness (QED) is 0.543. The van der Waals surface area contributed by atoms with Gasteiger partial charge in [0.15, 0.2) is 0 Å². The van der Waals surface area contributed by atoms with Crippen LogP contribution >= 0.6 is 0 Å². The number of likely N-dealkylation sites (tertiary alicyclic amines) is 1. The Bertz CT molecular complexity index is 1180. The maximum absolute atomic E-state index is 13.7. The van der Waals surface area contributed by atoms with Gasteiger partial charge in [0.1, 0.15) is 17.4 Å². The molecule has 7 heteroatoms. The number of carbonyl (C=O) groups is 3. The van der Waals surface area contributed by atoms with Gasteiger partial charge in [0.05, 0.1) is 24.3 Å². The number of amides is 3. The summed E-state index contributed by atoms with van der Waals surface area (Å²) in [5.41, 5.74) is 0.335. The second-order valence-corrected chi connectivity index (χ2v) is 9.15. The minimum Gasteiger partial charge on any atom is -0.445 e. The lowest BCUT2D eigenvalue weighted by Gasteiger charge is -2.41. The summed E-state index contributed by atoms with van der Waals surface area (Å²) in [6, 6.07) is 15.9. The molecule has 6 atom stereocenters. The average molecular weight is 428 g/mol. The van der Waals surface area contributed by atoms with Gasteiger partial charge in [-0.15, -0.1) is 0 Å². The Labute approximate surface area is 184 Å². The highest BCUT2D eigenvalue weighted by molar-refractivity contribution is 6.14. The molecule has 4 bridgehead atoms. The summed E-state index contributed by atoms with van der Waals surface area (Å²) in [5, 5.41) is 0. The third-order valence-electron chi connectivity index (χ3n) is 8.07. The van der Waals surface area contributed by atoms with Gasteiger partial charge in [0, 0.05) is 7.05 Å². The van der Waals surface area contributed by atoms with Crippen molar-refractivity contribution in [1.29, 1.82) is 0 Å². The highest BCUT2D eigenvalue weighted by atomic mass is 16.6. The largest absolute Gasteiger partial charge is 0.445 e. The first-order valence-corrected chi connectivity index (χ1v) is 10.8. The Hall–Kier alpha value is -3.45. The second kappa shape index (κ2) is 5.66. The van der Waals surface area contributed by atoms with Crippen molar-refractivity contribution >= 4 is 17.9 Å². The normalized spacial score (nSPS) is 37.2. The molecule has 32 heavy (non-hydrogen) atoms. The van der Waals surface area contributed by atoms with E-state index in [1.54, 1.807) is 11.9 Å². The Morgan fingerprint density at radius 1 is 0.906 bits per heavy atom. The van der Waals surface area contributed by atoms with Crippen LogP contribution in [0.15, 0.2) is 66.7 Å². The molecular weight excluding hydrogens is 408 g/mol. The topological polar surface area (TPSA) is 76.2 Å². The van der Waals surface area contributed by atoms with Crippen LogP contribution in [-0.4, -0.2) is 47.0 Å². The molecule has 0 N–H and O–H groups in total. The van der Waals surface area contributed by atoms with Gasteiger partial charge in [-0.05, 0) is 16.7 Å². The van der Waals surface area contributed by atoms with Crippen LogP contribution < -0.4 is 0 Å². The number of fused-ring (bicyclic) bond motifs is 7. The second-order valence-electron chi connectivity index (χ2n) is 9.15. The fourth-order valence-corrected chi connectivity index (χ4v) is 7.07. The lowest BCUT2D eigenvalue weighted by atomic mass is 9.52. The summed E-state index contributed by atoms with van der Waals surface area (Å²) in [7, 11) is 1.54. The molecule has 0 unspecified atom stereocenters. The van der Waals surface area contributed by atoms with Crippen molar-refractivity contribution in [2.75, 3.05) is 7.05 Å². The van der Waals surface area contributed by atoms with E-state index >= 15 is 0 Å². The molecular formula is C25H20N2O5. The lowest BCUT2D eigenvalue weighted by Crippen LogP contribution is -2.53. The smallest absolute Gasteiger partial charge is 0.411 e. The van der Waals surface area contributed by atoms with Crippen molar-refractivity contribution in [2.45, 2.75) is 30.9 Å². The van der Waals surface area contributed by atoms with Crippen LogP contribution in [0, 0.1) is 10.8 Å². The van der Waals surface area contributed by atoms with Gasteiger partial charge < -0.3 is 9.47 Å². The van der Waals surface area contributed by atoms with Gasteiger partial charge >= 0.3 is 6.09 Å². The van der Waals surface area contributed by atoms with Crippen molar-refractivity contribution in [3.8, 4) is 0 Å². The molecule has 3 fully saturated rings. The number of nitrogens with zero attached hydrogens (tertiary/aromatic N) is 2. The highest BCUT2D eigenvalue weighted by Gasteiger charge is 2.91. The van der Waals surface area contributed by atoms with Crippen LogP contribution in [0.5, 0.6) is 0 Å². The van der Waals surface area contributed by atoms with Crippen LogP contribution in [0.4, 0.5) is 4.79 Å². The summed E-state index contributed by atoms with van der Waals surface area (Å²) in [6.45, 7) is 0.120. The standard InChI is InChI=1S/C25H20N2O5/c1-26-21(28)24-17-11-12-18(32-17)25(24,22(26)29)20-16-10-6-5-9-15(16)19(24)27(20)23(30)31-13-14-7-3-2-4-8-14/h2-12,17-20H,13H2,1H3/t17-,18+,19+,20-,24+,25-. The minimum atomic E-state index is -1.16. The van der Waals surface area contributed by atoms with Crippen LogP contribution in [0.3, 0.4) is 0 Å². The molecule has 3 saturated heterocycles. The zero-order valence-corrected chi connectivity index (χ0v) is 17.3. The van der Waals surface area contributed by atoms with Crippen LogP contribution in [-0.2, 0) is 25.7 Å². The molecule has 0 aromatic heterocycles. The molecule has 2 aromatic carbocycles. The third kappa shape index (κ3) is 1.65. The van der Waals surface area contributed by atoms with Gasteiger partial charge in [-0.3, -0.25) is 19.4 Å². The van der Waals surface area contributed by atoms with Gasteiger partial charge in [-0.25, -0.2) is 4.79 Å². The van der Waals surface area contributed by atoms with Gasteiger partial charge in [0.25, 0.3) is 0 Å². The van der Waals surface area contributed by atoms with Crippen molar-refractivity contribution < 1.29 is 23.9 Å². The first kappa shape index (κ1) is 18.2. The number of imide groups is 1. The number of hydrogen-bond acceptors (Lipinski definition) is 5. The molecule has 0 radical (unpaired) electrons. The van der Waals surface area contributed by atoms with E-state index in [0.29, 0.717) is 0 Å². The van der Waals surface area contributed by atoms with Crippen molar-refractivity contribution in [3.63, 3.8) is 0 Å². The van der Waals surface area contributed by atoms with Crippen LogP contribution in [0.25, 0.3) is 0 Å². The Morgan fingerprint density at radius 2 is 1.44 bits per heavy atom. The SMILES string of the molecule is CN1C(=O)[C@]23[C@@H]4c5ccccc5[C@@H](N4C(=O)OCc4ccccc4)[C@@]2(C1=O)[C@@H]1C=C[C@H]3O1. The first-order chi connectivity index (χ1) is 15.5. The van der Waals surface area contributed by atoms with Gasteiger partial charge in [-0.2, -0.15) is 0 Å². The van der Waals surface area contributed by atoms with E-state index in [0.717, 1.165) is 16.7 Å². The summed E-state index contributed by atoms with van der Waals surface area (Å²) < 4.78 is 11.9. The van der Waals surface area contributed by atoms with E-state index < -0.39 is 41.2 Å². The Balaban J connectivity index is 1.39. The maximum Gasteiger partial charge on any atom is 0.411 e. The molecule has 5 heterocycles. The molecule has 7 nitrogen and oxygen atoms in total. The van der Waals surface area contributed by atoms with Crippen LogP contribution in [0.2, 0.25) is 0 Å². The maximum atomic E-state index is 13.7. The van der Waals surface area contributed by atoms with Crippen molar-refractivity contribution in [1.82, 2.24) is 9.80 Å². The molecule has 0 spiro atoms. The molecule has 0 aliphatic carbocycles. The Kier molecular flexibility index (Phi) is 3.21. The van der Waals surface area contributed by atoms with E-state index in [4.69, 9.17) is 9.47 Å². The van der Waals surface area contributed by atoms with E-state index in [2.05, 4.69) is 0 Å². The van der Waals surface area contributed by atoms with E-state index in [1.165, 1.54) is 4.90 Å². The summed E-state index contributed by atoms with van der Waals surface area (Å²) in [5.74, 6) is -0.551. The number of ether oxygens (including phenoxy) is 2. The highest BCUT2D eigenvalue weighted by Crippen LogP contribution is 2.81. The van der Waals surface area contributed by atoms with E-state index in [-0.39, 0.29) is 18.4 Å². The fraction of sp³-hybridized carbons (Fsp3) is 0.320. The van der Waals surface area contributed by atoms with Crippen molar-refractivity contribution in [3.05, 3.63) is 83.4 Å². The number of benzene rings is 2. The minimum absolute atomic E-state index is 0.120. The van der Waals surface area contributed by atoms with Crippen molar-refractivity contribution in [2.24, 2.45) is 10.8 Å². The molecule has 2 aromatic rings. The van der Waals surface area contributed by atoms with Gasteiger partial charge in [-0.1, -0.05) is 66.7 Å². The van der Waals surface area contributed by atoms with Gasteiger partial charge in [0.2, 0.25) is 11.8 Å². The average Bonchev–Trinajstić information content (AvgIpc) is 3.59. The lowest BCUT2D eigenvalue weighted by molar-refractivity contribution is -0.146. The molecule has 3 amide bonds. The summed E-state index contributed by atoms with van der Waals surface area (Å²) in [4.78, 5) is 43.9. The summed E-state index contributed by atoms with van der Waals surface area (Å²) >= 11 is 0. The predicted octanol–water partition coefficient (Wildman–Crippen LogP) is 2.74. The number of carbonyl (C=O) groups excluding carboxylic acids is 3. The predicted molar refractivity (Wildman–Crippen MR) is 111 cm³/mol. The zero-order chi connectivity index (χ0) is 21.8. The number of rotatable bonds is 2. The van der Waals surface area contributed by atoms with E-state index in [1.807, 2.05) is 66.7 Å². The molecule has 5 aliphatic heterocycles. The Morgan fingerprint density at radius 3 is 2.00 bits per heavy atom. The summed E-state index contributed by atoms with van der Waals surface area (Å²) in [6.07, 6.45) is 2.13. The fourth-order valence-electron chi connectivity index (χ4n) is 7.07. The molecule has 0 saturated carbocycles. The monoisotopic (exact) mass is 428 g/mol. The molecule has 7 rings (SSSR count). The van der Waals surface area contributed by atoms with E-state index in [9.17, 15) is 14.4 Å². The first-order valence-electron chi connectivity index (χ1n) is 10.8.